The molecule has 0 aromatic heterocycles. The van der Waals surface area contributed by atoms with E-state index >= 15 is 0 Å². The van der Waals surface area contributed by atoms with E-state index in [1.54, 1.807) is 0 Å². The van der Waals surface area contributed by atoms with Crippen molar-refractivity contribution < 1.29 is 0 Å². The SMILES string of the molecule is C=C[Si](Cl)(C=C)c1ccccc1. The maximum absolute atomic E-state index is 6.34. The molecule has 0 amide bonds. The molecule has 0 aliphatic heterocycles. The summed E-state index contributed by atoms with van der Waals surface area (Å²) >= 11 is 6.34. The number of hydrogen-bond acceptors (Lipinski definition) is 0. The predicted octanol–water partition coefficient (Wildman–Crippen LogP) is 2.53. The zero-order valence-corrected chi connectivity index (χ0v) is 8.59. The van der Waals surface area contributed by atoms with Crippen molar-refractivity contribution >= 4 is 23.6 Å². The van der Waals surface area contributed by atoms with Gasteiger partial charge in [-0.15, -0.1) is 24.2 Å². The maximum atomic E-state index is 6.34. The van der Waals surface area contributed by atoms with E-state index in [-0.39, 0.29) is 0 Å². The van der Waals surface area contributed by atoms with E-state index in [0.29, 0.717) is 0 Å². The van der Waals surface area contributed by atoms with Crippen LogP contribution >= 0.6 is 11.1 Å². The van der Waals surface area contributed by atoms with Crippen LogP contribution in [0.4, 0.5) is 0 Å². The fraction of sp³-hybridized carbons (Fsp3) is 0. The van der Waals surface area contributed by atoms with Crippen molar-refractivity contribution in [2.24, 2.45) is 0 Å². The second kappa shape index (κ2) is 3.74. The summed E-state index contributed by atoms with van der Waals surface area (Å²) in [4.78, 5) is 0. The Morgan fingerprint density at radius 2 is 1.58 bits per heavy atom. The van der Waals surface area contributed by atoms with Crippen molar-refractivity contribution in [3.8, 4) is 0 Å². The second-order valence-electron chi connectivity index (χ2n) is 2.54. The van der Waals surface area contributed by atoms with Crippen LogP contribution in [0.15, 0.2) is 54.9 Å². The van der Waals surface area contributed by atoms with E-state index in [4.69, 9.17) is 11.1 Å². The lowest BCUT2D eigenvalue weighted by Gasteiger charge is -2.14. The molecule has 0 fully saturated rings. The highest BCUT2D eigenvalue weighted by molar-refractivity contribution is 7.32. The van der Waals surface area contributed by atoms with Gasteiger partial charge in [-0.3, -0.25) is 0 Å². The summed E-state index contributed by atoms with van der Waals surface area (Å²) in [5, 5.41) is 1.14. The average molecular weight is 195 g/mol. The topological polar surface area (TPSA) is 0 Å². The number of rotatable bonds is 3. The molecule has 0 N–H and O–H groups in total. The molecule has 1 rings (SSSR count). The molecule has 1 aromatic carbocycles. The summed E-state index contributed by atoms with van der Waals surface area (Å²) in [7, 11) is -2.07. The Balaban J connectivity index is 3.11. The minimum absolute atomic E-state index is 1.14. The van der Waals surface area contributed by atoms with Gasteiger partial charge in [0.05, 0.1) is 0 Å². The molecule has 0 bridgehead atoms. The fourth-order valence-electron chi connectivity index (χ4n) is 1.01. The van der Waals surface area contributed by atoms with Crippen LogP contribution in [0.3, 0.4) is 0 Å². The molecule has 0 unspecified atom stereocenters. The molecule has 0 spiro atoms. The predicted molar refractivity (Wildman–Crippen MR) is 58.1 cm³/mol. The summed E-state index contributed by atoms with van der Waals surface area (Å²) in [5.74, 6) is 0. The first kappa shape index (κ1) is 9.30. The van der Waals surface area contributed by atoms with E-state index in [0.717, 1.165) is 5.19 Å². The minimum atomic E-state index is -2.07. The molecule has 0 saturated carbocycles. The average Bonchev–Trinajstić information content (AvgIpc) is 2.18. The van der Waals surface area contributed by atoms with Crippen LogP contribution in [0.1, 0.15) is 0 Å². The molecule has 12 heavy (non-hydrogen) atoms. The molecule has 2 heteroatoms. The normalized spacial score (nSPS) is 10.8. The van der Waals surface area contributed by atoms with Crippen molar-refractivity contribution in [3.63, 3.8) is 0 Å². The van der Waals surface area contributed by atoms with Gasteiger partial charge in [0.2, 0.25) is 7.38 Å². The Labute approximate surface area is 78.9 Å². The van der Waals surface area contributed by atoms with Gasteiger partial charge in [0, 0.05) is 0 Å². The van der Waals surface area contributed by atoms with E-state index in [1.807, 2.05) is 41.7 Å². The highest BCUT2D eigenvalue weighted by Crippen LogP contribution is 2.11. The highest BCUT2D eigenvalue weighted by atomic mass is 35.6. The van der Waals surface area contributed by atoms with Gasteiger partial charge in [0.15, 0.2) is 0 Å². The first-order valence-electron chi connectivity index (χ1n) is 3.74. The van der Waals surface area contributed by atoms with Gasteiger partial charge < -0.3 is 0 Å². The summed E-state index contributed by atoms with van der Waals surface area (Å²) in [6.07, 6.45) is 0. The molecule has 62 valence electrons. The Morgan fingerprint density at radius 1 is 1.08 bits per heavy atom. The van der Waals surface area contributed by atoms with E-state index in [2.05, 4.69) is 13.2 Å². The van der Waals surface area contributed by atoms with Crippen molar-refractivity contribution in [1.29, 1.82) is 0 Å². The summed E-state index contributed by atoms with van der Waals surface area (Å²) in [6, 6.07) is 9.96. The lowest BCUT2D eigenvalue weighted by atomic mass is 10.4. The lowest BCUT2D eigenvalue weighted by Crippen LogP contribution is -2.38. The Bertz CT molecular complexity index is 271. The number of halogens is 1. The van der Waals surface area contributed by atoms with E-state index in [1.165, 1.54) is 0 Å². The van der Waals surface area contributed by atoms with Crippen molar-refractivity contribution in [2.75, 3.05) is 0 Å². The van der Waals surface area contributed by atoms with Crippen LogP contribution in [-0.2, 0) is 0 Å². The standard InChI is InChI=1S/C10H11ClSi/c1-3-12(11,4-2)10-8-6-5-7-9-10/h3-9H,1-2H2. The van der Waals surface area contributed by atoms with Gasteiger partial charge >= 0.3 is 0 Å². The van der Waals surface area contributed by atoms with Crippen LogP contribution in [0.2, 0.25) is 0 Å². The Hall–Kier alpha value is -0.793. The highest BCUT2D eigenvalue weighted by Gasteiger charge is 2.24. The molecule has 0 nitrogen and oxygen atoms in total. The van der Waals surface area contributed by atoms with Gasteiger partial charge in [-0.05, 0) is 5.19 Å². The van der Waals surface area contributed by atoms with Crippen LogP contribution in [0, 0.1) is 0 Å². The van der Waals surface area contributed by atoms with Crippen molar-refractivity contribution in [1.82, 2.24) is 0 Å². The molecular formula is C10H11ClSi. The van der Waals surface area contributed by atoms with Gasteiger partial charge in [-0.2, -0.15) is 0 Å². The maximum Gasteiger partial charge on any atom is 0.232 e. The van der Waals surface area contributed by atoms with Crippen molar-refractivity contribution in [2.45, 2.75) is 0 Å². The van der Waals surface area contributed by atoms with Crippen LogP contribution in [0.5, 0.6) is 0 Å². The third-order valence-corrected chi connectivity index (χ3v) is 5.80. The molecule has 0 aliphatic rings. The van der Waals surface area contributed by atoms with Gasteiger partial charge in [0.25, 0.3) is 0 Å². The van der Waals surface area contributed by atoms with Gasteiger partial charge in [0.1, 0.15) is 0 Å². The third-order valence-electron chi connectivity index (χ3n) is 1.81. The second-order valence-corrected chi connectivity index (χ2v) is 7.35. The Kier molecular flexibility index (Phi) is 2.90. The third kappa shape index (κ3) is 1.68. The molecule has 0 aliphatic carbocycles. The van der Waals surface area contributed by atoms with Crippen LogP contribution in [-0.4, -0.2) is 7.38 Å². The molecule has 1 aromatic rings. The van der Waals surface area contributed by atoms with Crippen LogP contribution < -0.4 is 5.19 Å². The van der Waals surface area contributed by atoms with Gasteiger partial charge in [-0.25, -0.2) is 0 Å². The number of hydrogen-bond donors (Lipinski definition) is 0. The minimum Gasteiger partial charge on any atom is -0.150 e. The Morgan fingerprint density at radius 3 is 2.00 bits per heavy atom. The lowest BCUT2D eigenvalue weighted by molar-refractivity contribution is 1.76. The van der Waals surface area contributed by atoms with Gasteiger partial charge in [-0.1, -0.05) is 41.7 Å². The molecule has 0 heterocycles. The monoisotopic (exact) mass is 194 g/mol. The molecular weight excluding hydrogens is 184 g/mol. The van der Waals surface area contributed by atoms with E-state index < -0.39 is 7.38 Å². The summed E-state index contributed by atoms with van der Waals surface area (Å²) in [6.45, 7) is 7.48. The zero-order chi connectivity index (χ0) is 9.03. The first-order valence-corrected chi connectivity index (χ1v) is 6.91. The first-order chi connectivity index (χ1) is 5.73. The quantitative estimate of drug-likeness (QED) is 0.513. The van der Waals surface area contributed by atoms with Crippen molar-refractivity contribution in [3.05, 3.63) is 54.9 Å². The fourth-order valence-corrected chi connectivity index (χ4v) is 2.73. The summed E-state index contributed by atoms with van der Waals surface area (Å²) in [5.41, 5.74) is 3.63. The van der Waals surface area contributed by atoms with E-state index in [9.17, 15) is 0 Å². The summed E-state index contributed by atoms with van der Waals surface area (Å²) < 4.78 is 0. The zero-order valence-electron chi connectivity index (χ0n) is 6.83. The van der Waals surface area contributed by atoms with Crippen LogP contribution in [0.25, 0.3) is 0 Å². The smallest absolute Gasteiger partial charge is 0.150 e. The molecule has 0 atom stereocenters. The largest absolute Gasteiger partial charge is 0.232 e. The molecule has 0 radical (unpaired) electrons. The number of benzene rings is 1. The molecule has 0 saturated heterocycles.